The van der Waals surface area contributed by atoms with Crippen LogP contribution in [0.2, 0.25) is 0 Å². The Morgan fingerprint density at radius 1 is 1.40 bits per heavy atom. The number of primary amides is 1. The van der Waals surface area contributed by atoms with Crippen LogP contribution in [0.3, 0.4) is 0 Å². The van der Waals surface area contributed by atoms with Crippen molar-refractivity contribution in [2.45, 2.75) is 13.3 Å². The summed E-state index contributed by atoms with van der Waals surface area (Å²) >= 11 is 0. The van der Waals surface area contributed by atoms with Gasteiger partial charge < -0.3 is 11.1 Å². The van der Waals surface area contributed by atoms with Crippen molar-refractivity contribution >= 4 is 17.5 Å². The third-order valence-corrected chi connectivity index (χ3v) is 2.27. The number of nitrogens with one attached hydrogen (secondary N) is 1. The van der Waals surface area contributed by atoms with E-state index in [0.29, 0.717) is 18.5 Å². The SMILES string of the molecule is CC(=O)NCCC#Cc1cc(C(N)=O)cc([N+](=O)[O-])c1. The molecule has 0 aliphatic rings. The van der Waals surface area contributed by atoms with E-state index in [0.717, 1.165) is 6.07 Å². The number of hydrogen-bond acceptors (Lipinski definition) is 4. The zero-order valence-electron chi connectivity index (χ0n) is 10.8. The number of rotatable bonds is 4. The van der Waals surface area contributed by atoms with Crippen LogP contribution in [0.5, 0.6) is 0 Å². The van der Waals surface area contributed by atoms with Crippen LogP contribution < -0.4 is 11.1 Å². The van der Waals surface area contributed by atoms with Crippen LogP contribution in [0.15, 0.2) is 18.2 Å². The lowest BCUT2D eigenvalue weighted by molar-refractivity contribution is -0.384. The molecule has 0 bridgehead atoms. The van der Waals surface area contributed by atoms with Gasteiger partial charge in [-0.3, -0.25) is 19.7 Å². The van der Waals surface area contributed by atoms with Gasteiger partial charge in [0.2, 0.25) is 11.8 Å². The largest absolute Gasteiger partial charge is 0.366 e. The van der Waals surface area contributed by atoms with Gasteiger partial charge in [-0.05, 0) is 6.07 Å². The summed E-state index contributed by atoms with van der Waals surface area (Å²) in [4.78, 5) is 31.8. The molecule has 20 heavy (non-hydrogen) atoms. The van der Waals surface area contributed by atoms with Gasteiger partial charge in [0, 0.05) is 43.1 Å². The first kappa shape index (κ1) is 15.2. The predicted molar refractivity (Wildman–Crippen MR) is 71.8 cm³/mol. The summed E-state index contributed by atoms with van der Waals surface area (Å²) in [5.74, 6) is 4.54. The first-order chi connectivity index (χ1) is 9.40. The van der Waals surface area contributed by atoms with E-state index in [4.69, 9.17) is 5.73 Å². The quantitative estimate of drug-likeness (QED) is 0.361. The topological polar surface area (TPSA) is 115 Å². The van der Waals surface area contributed by atoms with E-state index in [1.165, 1.54) is 19.1 Å². The Balaban J connectivity index is 2.89. The lowest BCUT2D eigenvalue weighted by atomic mass is 10.1. The Kier molecular flexibility index (Phi) is 5.23. The third kappa shape index (κ3) is 4.78. The lowest BCUT2D eigenvalue weighted by Gasteiger charge is -1.98. The molecule has 1 aromatic rings. The van der Waals surface area contributed by atoms with Crippen LogP contribution in [0.25, 0.3) is 0 Å². The minimum absolute atomic E-state index is 0.0327. The number of non-ortho nitro benzene ring substituents is 1. The molecule has 0 aliphatic heterocycles. The minimum atomic E-state index is -0.755. The molecule has 0 heterocycles. The van der Waals surface area contributed by atoms with Gasteiger partial charge in [-0.1, -0.05) is 11.8 Å². The molecule has 1 aromatic carbocycles. The fraction of sp³-hybridized carbons (Fsp3) is 0.231. The van der Waals surface area contributed by atoms with Crippen molar-refractivity contribution in [2.75, 3.05) is 6.54 Å². The number of nitrogens with two attached hydrogens (primary N) is 1. The molecule has 2 amide bonds. The molecule has 0 saturated carbocycles. The molecule has 0 fully saturated rings. The predicted octanol–water partition coefficient (Wildman–Crippen LogP) is 0.571. The summed E-state index contributed by atoms with van der Waals surface area (Å²) in [5, 5.41) is 13.3. The second-order valence-electron chi connectivity index (χ2n) is 3.92. The molecule has 0 atom stereocenters. The highest BCUT2D eigenvalue weighted by atomic mass is 16.6. The number of amides is 2. The van der Waals surface area contributed by atoms with E-state index >= 15 is 0 Å². The molecule has 0 aromatic heterocycles. The standard InChI is InChI=1S/C13H13N3O4/c1-9(17)15-5-3-2-4-10-6-11(13(14)18)8-12(7-10)16(19)20/h6-8H,3,5H2,1H3,(H2,14,18)(H,15,17). The Morgan fingerprint density at radius 2 is 2.10 bits per heavy atom. The van der Waals surface area contributed by atoms with Crippen molar-refractivity contribution in [3.8, 4) is 11.8 Å². The van der Waals surface area contributed by atoms with Crippen molar-refractivity contribution < 1.29 is 14.5 Å². The van der Waals surface area contributed by atoms with Gasteiger partial charge in [-0.15, -0.1) is 0 Å². The zero-order valence-corrected chi connectivity index (χ0v) is 10.8. The van der Waals surface area contributed by atoms with Gasteiger partial charge in [0.15, 0.2) is 0 Å². The maximum absolute atomic E-state index is 11.1. The summed E-state index contributed by atoms with van der Waals surface area (Å²) in [6.45, 7) is 1.78. The maximum atomic E-state index is 11.1. The Bertz CT molecular complexity index is 582. The molecule has 1 rings (SSSR count). The lowest BCUT2D eigenvalue weighted by Crippen LogP contribution is -2.20. The number of carbonyl (C=O) groups excluding carboxylic acids is 2. The number of nitro benzene ring substituents is 1. The summed E-state index contributed by atoms with van der Waals surface area (Å²) < 4.78 is 0. The van der Waals surface area contributed by atoms with Crippen LogP contribution in [0.1, 0.15) is 29.3 Å². The number of nitro groups is 1. The summed E-state index contributed by atoms with van der Waals surface area (Å²) in [6, 6.07) is 3.75. The van der Waals surface area contributed by atoms with Crippen LogP contribution in [-0.4, -0.2) is 23.3 Å². The molecule has 0 saturated heterocycles. The summed E-state index contributed by atoms with van der Waals surface area (Å²) in [6.07, 6.45) is 0.397. The highest BCUT2D eigenvalue weighted by Crippen LogP contribution is 2.16. The van der Waals surface area contributed by atoms with Crippen molar-refractivity contribution in [2.24, 2.45) is 5.73 Å². The minimum Gasteiger partial charge on any atom is -0.366 e. The molecule has 7 heteroatoms. The van der Waals surface area contributed by atoms with Crippen molar-refractivity contribution in [1.29, 1.82) is 0 Å². The molecule has 0 unspecified atom stereocenters. The molecular weight excluding hydrogens is 262 g/mol. The fourth-order valence-electron chi connectivity index (χ4n) is 1.40. The molecule has 0 radical (unpaired) electrons. The Labute approximate surface area is 115 Å². The van der Waals surface area contributed by atoms with Crippen LogP contribution >= 0.6 is 0 Å². The first-order valence-electron chi connectivity index (χ1n) is 5.72. The Morgan fingerprint density at radius 3 is 2.65 bits per heavy atom. The molecule has 7 nitrogen and oxygen atoms in total. The number of hydrogen-bond donors (Lipinski definition) is 2. The van der Waals surface area contributed by atoms with Gasteiger partial charge in [-0.25, -0.2) is 0 Å². The normalized spacial score (nSPS) is 9.25. The second kappa shape index (κ2) is 6.89. The number of benzene rings is 1. The first-order valence-corrected chi connectivity index (χ1v) is 5.72. The van der Waals surface area contributed by atoms with Gasteiger partial charge in [0.25, 0.3) is 5.69 Å². The van der Waals surface area contributed by atoms with Crippen molar-refractivity contribution in [3.63, 3.8) is 0 Å². The van der Waals surface area contributed by atoms with E-state index in [1.807, 2.05) is 0 Å². The van der Waals surface area contributed by atoms with E-state index in [-0.39, 0.29) is 17.2 Å². The maximum Gasteiger partial charge on any atom is 0.271 e. The molecular formula is C13H13N3O4. The molecule has 104 valence electrons. The number of nitrogens with zero attached hydrogens (tertiary/aromatic N) is 1. The zero-order chi connectivity index (χ0) is 15.1. The molecule has 0 spiro atoms. The highest BCUT2D eigenvalue weighted by Gasteiger charge is 2.11. The second-order valence-corrected chi connectivity index (χ2v) is 3.92. The monoisotopic (exact) mass is 275 g/mol. The van der Waals surface area contributed by atoms with Crippen molar-refractivity contribution in [3.05, 3.63) is 39.4 Å². The smallest absolute Gasteiger partial charge is 0.271 e. The van der Waals surface area contributed by atoms with Gasteiger partial charge in [0.05, 0.1) is 4.92 Å². The van der Waals surface area contributed by atoms with Gasteiger partial charge >= 0.3 is 0 Å². The van der Waals surface area contributed by atoms with Crippen LogP contribution in [-0.2, 0) is 4.79 Å². The van der Waals surface area contributed by atoms with Crippen LogP contribution in [0, 0.1) is 22.0 Å². The highest BCUT2D eigenvalue weighted by molar-refractivity contribution is 5.93. The molecule has 0 aliphatic carbocycles. The fourth-order valence-corrected chi connectivity index (χ4v) is 1.40. The molecule has 3 N–H and O–H groups in total. The van der Waals surface area contributed by atoms with E-state index < -0.39 is 10.8 Å². The average Bonchev–Trinajstić information content (AvgIpc) is 2.37. The number of carbonyl (C=O) groups is 2. The summed E-state index contributed by atoms with van der Waals surface area (Å²) in [7, 11) is 0. The summed E-state index contributed by atoms with van der Waals surface area (Å²) in [5.41, 5.74) is 5.22. The van der Waals surface area contributed by atoms with E-state index in [1.54, 1.807) is 0 Å². The van der Waals surface area contributed by atoms with Crippen LogP contribution in [0.4, 0.5) is 5.69 Å². The van der Waals surface area contributed by atoms with E-state index in [2.05, 4.69) is 17.2 Å². The van der Waals surface area contributed by atoms with E-state index in [9.17, 15) is 19.7 Å². The third-order valence-electron chi connectivity index (χ3n) is 2.27. The van der Waals surface area contributed by atoms with Gasteiger partial charge in [0.1, 0.15) is 0 Å². The van der Waals surface area contributed by atoms with Crippen molar-refractivity contribution in [1.82, 2.24) is 5.32 Å². The average molecular weight is 275 g/mol. The Hall–Kier alpha value is -2.88. The van der Waals surface area contributed by atoms with Gasteiger partial charge in [-0.2, -0.15) is 0 Å².